The van der Waals surface area contributed by atoms with Gasteiger partial charge in [-0.15, -0.1) is 0 Å². The van der Waals surface area contributed by atoms with Crippen LogP contribution in [0.5, 0.6) is 0 Å². The first-order valence-electron chi connectivity index (χ1n) is 6.10. The van der Waals surface area contributed by atoms with Crippen LogP contribution >= 0.6 is 0 Å². The van der Waals surface area contributed by atoms with Crippen molar-refractivity contribution in [2.45, 2.75) is 25.8 Å². The number of nitrogens with zero attached hydrogens (tertiary/aromatic N) is 2. The van der Waals surface area contributed by atoms with Crippen molar-refractivity contribution >= 4 is 0 Å². The van der Waals surface area contributed by atoms with Crippen LogP contribution in [-0.4, -0.2) is 50.8 Å². The molecule has 0 radical (unpaired) electrons. The van der Waals surface area contributed by atoms with Crippen LogP contribution in [0.4, 0.5) is 0 Å². The van der Waals surface area contributed by atoms with Gasteiger partial charge in [-0.2, -0.15) is 5.26 Å². The van der Waals surface area contributed by atoms with Crippen LogP contribution in [0.1, 0.15) is 19.8 Å². The first-order valence-corrected chi connectivity index (χ1v) is 6.10. The molecule has 0 spiro atoms. The lowest BCUT2D eigenvalue weighted by molar-refractivity contribution is 0.137. The molecule has 2 atom stereocenters. The zero-order valence-electron chi connectivity index (χ0n) is 10.4. The maximum atomic E-state index is 8.85. The molecular formula is C12H23N3O. The van der Waals surface area contributed by atoms with Gasteiger partial charge in [0, 0.05) is 32.8 Å². The number of hydrogen-bond acceptors (Lipinski definition) is 4. The molecule has 0 aliphatic carbocycles. The highest BCUT2D eigenvalue weighted by Gasteiger charge is 2.18. The Labute approximate surface area is 98.6 Å². The van der Waals surface area contributed by atoms with E-state index in [0.29, 0.717) is 6.04 Å². The van der Waals surface area contributed by atoms with Crippen LogP contribution in [0.3, 0.4) is 0 Å². The average Bonchev–Trinajstić information content (AvgIpc) is 2.78. The molecular weight excluding hydrogens is 202 g/mol. The lowest BCUT2D eigenvalue weighted by atomic mass is 10.1. The summed E-state index contributed by atoms with van der Waals surface area (Å²) in [4.78, 5) is 2.33. The molecule has 92 valence electrons. The Hall–Kier alpha value is -0.630. The van der Waals surface area contributed by atoms with Crippen molar-refractivity contribution in [2.75, 3.05) is 39.9 Å². The van der Waals surface area contributed by atoms with Gasteiger partial charge in [0.2, 0.25) is 0 Å². The fraction of sp³-hybridized carbons (Fsp3) is 0.917. The highest BCUT2D eigenvalue weighted by Crippen LogP contribution is 2.08. The van der Waals surface area contributed by atoms with E-state index < -0.39 is 0 Å². The van der Waals surface area contributed by atoms with Crippen molar-refractivity contribution in [3.05, 3.63) is 0 Å². The smallest absolute Gasteiger partial charge is 0.0666 e. The van der Waals surface area contributed by atoms with E-state index in [4.69, 9.17) is 10.00 Å². The van der Waals surface area contributed by atoms with Crippen LogP contribution in [0.15, 0.2) is 0 Å². The normalized spacial score (nSPS) is 22.2. The van der Waals surface area contributed by atoms with E-state index >= 15 is 0 Å². The molecule has 16 heavy (non-hydrogen) atoms. The highest BCUT2D eigenvalue weighted by atomic mass is 16.5. The van der Waals surface area contributed by atoms with E-state index in [1.165, 1.54) is 12.8 Å². The molecule has 1 heterocycles. The summed E-state index contributed by atoms with van der Waals surface area (Å²) < 4.78 is 5.11. The highest BCUT2D eigenvalue weighted by molar-refractivity contribution is 4.84. The lowest BCUT2D eigenvalue weighted by Gasteiger charge is -2.26. The predicted octanol–water partition coefficient (Wildman–Crippen LogP) is 0.846. The molecule has 1 saturated heterocycles. The summed E-state index contributed by atoms with van der Waals surface area (Å²) in [6, 6.07) is 2.89. The number of nitrogens with one attached hydrogen (secondary N) is 1. The number of nitriles is 1. The molecule has 0 aromatic carbocycles. The zero-order chi connectivity index (χ0) is 11.8. The molecule has 4 nitrogen and oxygen atoms in total. The number of hydrogen-bond donors (Lipinski definition) is 1. The Kier molecular flexibility index (Phi) is 6.39. The van der Waals surface area contributed by atoms with Crippen LogP contribution < -0.4 is 5.32 Å². The van der Waals surface area contributed by atoms with Gasteiger partial charge in [0.15, 0.2) is 0 Å². The van der Waals surface area contributed by atoms with Gasteiger partial charge in [0.25, 0.3) is 0 Å². The second-order valence-corrected chi connectivity index (χ2v) is 4.58. The number of ether oxygens (including phenoxy) is 1. The van der Waals surface area contributed by atoms with Crippen molar-refractivity contribution < 1.29 is 4.74 Å². The Morgan fingerprint density at radius 1 is 1.62 bits per heavy atom. The minimum Gasteiger partial charge on any atom is -0.383 e. The van der Waals surface area contributed by atoms with Crippen LogP contribution in [0, 0.1) is 17.2 Å². The Balaban J connectivity index is 2.33. The second kappa shape index (κ2) is 7.61. The summed E-state index contributed by atoms with van der Waals surface area (Å²) in [5.41, 5.74) is 0. The van der Waals surface area contributed by atoms with E-state index in [-0.39, 0.29) is 5.92 Å². The fourth-order valence-electron chi connectivity index (χ4n) is 2.13. The molecule has 1 aliphatic rings. The minimum absolute atomic E-state index is 0.0956. The minimum atomic E-state index is 0.0956. The van der Waals surface area contributed by atoms with E-state index in [9.17, 15) is 0 Å². The van der Waals surface area contributed by atoms with Crippen molar-refractivity contribution in [1.29, 1.82) is 5.26 Å². The summed E-state index contributed by atoms with van der Waals surface area (Å²) in [7, 11) is 1.72. The first-order chi connectivity index (χ1) is 7.76. The van der Waals surface area contributed by atoms with Gasteiger partial charge in [0.05, 0.1) is 18.6 Å². The largest absolute Gasteiger partial charge is 0.383 e. The van der Waals surface area contributed by atoms with Gasteiger partial charge in [-0.3, -0.25) is 4.90 Å². The molecule has 1 N–H and O–H groups in total. The third-order valence-corrected chi connectivity index (χ3v) is 3.01. The molecule has 1 rings (SSSR count). The third kappa shape index (κ3) is 4.93. The van der Waals surface area contributed by atoms with Crippen LogP contribution in [0.2, 0.25) is 0 Å². The van der Waals surface area contributed by atoms with Crippen LogP contribution in [0.25, 0.3) is 0 Å². The quantitative estimate of drug-likeness (QED) is 0.698. The summed E-state index contributed by atoms with van der Waals surface area (Å²) in [5.74, 6) is 0.0956. The first kappa shape index (κ1) is 13.4. The second-order valence-electron chi connectivity index (χ2n) is 4.58. The van der Waals surface area contributed by atoms with E-state index in [2.05, 4.69) is 16.3 Å². The molecule has 1 fully saturated rings. The third-order valence-electron chi connectivity index (χ3n) is 3.01. The SMILES string of the molecule is COCCN(CC(C)C#N)CC1CCCN1. The molecule has 2 unspecified atom stereocenters. The van der Waals surface area contributed by atoms with Gasteiger partial charge in [0.1, 0.15) is 0 Å². The van der Waals surface area contributed by atoms with Gasteiger partial charge in [-0.25, -0.2) is 0 Å². The van der Waals surface area contributed by atoms with Crippen LogP contribution in [-0.2, 0) is 4.74 Å². The Morgan fingerprint density at radius 3 is 3.00 bits per heavy atom. The standard InChI is InChI=1S/C12H23N3O/c1-11(8-13)9-15(6-7-16-2)10-12-4-3-5-14-12/h11-12,14H,3-7,9-10H2,1-2H3. The Bertz CT molecular complexity index is 221. The van der Waals surface area contributed by atoms with E-state index in [1.807, 2.05) is 6.92 Å². The topological polar surface area (TPSA) is 48.3 Å². The lowest BCUT2D eigenvalue weighted by Crippen LogP contribution is -2.41. The summed E-state index contributed by atoms with van der Waals surface area (Å²) in [5, 5.41) is 12.3. The van der Waals surface area contributed by atoms with Crippen molar-refractivity contribution in [2.24, 2.45) is 5.92 Å². The molecule has 0 amide bonds. The number of rotatable bonds is 7. The zero-order valence-corrected chi connectivity index (χ0v) is 10.4. The monoisotopic (exact) mass is 225 g/mol. The molecule has 0 aromatic rings. The van der Waals surface area contributed by atoms with Gasteiger partial charge in [-0.05, 0) is 26.3 Å². The predicted molar refractivity (Wildman–Crippen MR) is 64.1 cm³/mol. The van der Waals surface area contributed by atoms with Gasteiger partial charge < -0.3 is 10.1 Å². The van der Waals surface area contributed by atoms with Crippen molar-refractivity contribution in [3.63, 3.8) is 0 Å². The maximum Gasteiger partial charge on any atom is 0.0666 e. The summed E-state index contributed by atoms with van der Waals surface area (Å²) in [6.45, 7) is 6.65. The summed E-state index contributed by atoms with van der Waals surface area (Å²) in [6.07, 6.45) is 2.53. The maximum absolute atomic E-state index is 8.85. The molecule has 0 bridgehead atoms. The molecule has 0 aromatic heterocycles. The molecule has 4 heteroatoms. The summed E-state index contributed by atoms with van der Waals surface area (Å²) >= 11 is 0. The van der Waals surface area contributed by atoms with Gasteiger partial charge in [-0.1, -0.05) is 0 Å². The average molecular weight is 225 g/mol. The van der Waals surface area contributed by atoms with Crippen molar-refractivity contribution in [3.8, 4) is 6.07 Å². The van der Waals surface area contributed by atoms with Crippen molar-refractivity contribution in [1.82, 2.24) is 10.2 Å². The number of methoxy groups -OCH3 is 1. The fourth-order valence-corrected chi connectivity index (χ4v) is 2.13. The van der Waals surface area contributed by atoms with E-state index in [0.717, 1.165) is 32.8 Å². The van der Waals surface area contributed by atoms with E-state index in [1.54, 1.807) is 7.11 Å². The molecule has 0 saturated carbocycles. The molecule has 1 aliphatic heterocycles. The Morgan fingerprint density at radius 2 is 2.44 bits per heavy atom. The van der Waals surface area contributed by atoms with Gasteiger partial charge >= 0.3 is 0 Å².